The number of aromatic nitrogens is 1. The Hall–Kier alpha value is -2.31. The van der Waals surface area contributed by atoms with E-state index in [0.717, 1.165) is 0 Å². The number of carbonyl (C=O) groups is 2. The highest BCUT2D eigenvalue weighted by Gasteiger charge is 2.24. The van der Waals surface area contributed by atoms with Crippen LogP contribution in [0.15, 0.2) is 23.1 Å². The smallest absolute Gasteiger partial charge is 0.251 e. The van der Waals surface area contributed by atoms with Crippen LogP contribution in [0.1, 0.15) is 0 Å². The lowest BCUT2D eigenvalue weighted by molar-refractivity contribution is -0.144. The van der Waals surface area contributed by atoms with Gasteiger partial charge < -0.3 is 20.1 Å². The first kappa shape index (κ1) is 13.1. The van der Waals surface area contributed by atoms with Crippen LogP contribution in [0.5, 0.6) is 0 Å². The lowest BCUT2D eigenvalue weighted by atomic mass is 10.3. The fourth-order valence-electron chi connectivity index (χ4n) is 1.89. The van der Waals surface area contributed by atoms with Crippen LogP contribution in [0.3, 0.4) is 0 Å². The molecule has 0 radical (unpaired) electrons. The SMILES string of the molecule is CN1CCN(C(=O)Cn2cc(N)ccc2=O)CC1=O. The molecule has 2 amide bonds. The van der Waals surface area contributed by atoms with Crippen molar-refractivity contribution in [3.8, 4) is 0 Å². The predicted molar refractivity (Wildman–Crippen MR) is 69.3 cm³/mol. The molecule has 1 aliphatic heterocycles. The quantitative estimate of drug-likeness (QED) is 0.721. The predicted octanol–water partition coefficient (Wildman–Crippen LogP) is -1.27. The van der Waals surface area contributed by atoms with E-state index in [1.807, 2.05) is 0 Å². The lowest BCUT2D eigenvalue weighted by Gasteiger charge is -2.32. The van der Waals surface area contributed by atoms with E-state index in [9.17, 15) is 14.4 Å². The fourth-order valence-corrected chi connectivity index (χ4v) is 1.89. The van der Waals surface area contributed by atoms with Crippen LogP contribution in [0.4, 0.5) is 5.69 Å². The topological polar surface area (TPSA) is 88.6 Å². The molecule has 7 heteroatoms. The Morgan fingerprint density at radius 2 is 2.05 bits per heavy atom. The first-order valence-electron chi connectivity index (χ1n) is 5.95. The Balaban J connectivity index is 2.07. The van der Waals surface area contributed by atoms with Gasteiger partial charge in [0.05, 0.1) is 6.54 Å². The average Bonchev–Trinajstić information content (AvgIpc) is 2.37. The molecular formula is C12H16N4O3. The minimum atomic E-state index is -0.289. The minimum absolute atomic E-state index is 0.0619. The number of nitrogens with zero attached hydrogens (tertiary/aromatic N) is 3. The van der Waals surface area contributed by atoms with Crippen LogP contribution in [0.2, 0.25) is 0 Å². The van der Waals surface area contributed by atoms with Gasteiger partial charge in [-0.2, -0.15) is 0 Å². The van der Waals surface area contributed by atoms with E-state index >= 15 is 0 Å². The molecule has 19 heavy (non-hydrogen) atoms. The van der Waals surface area contributed by atoms with Crippen molar-refractivity contribution in [3.63, 3.8) is 0 Å². The first-order chi connectivity index (χ1) is 8.97. The van der Waals surface area contributed by atoms with Crippen molar-refractivity contribution in [3.05, 3.63) is 28.7 Å². The van der Waals surface area contributed by atoms with E-state index in [2.05, 4.69) is 0 Å². The highest BCUT2D eigenvalue weighted by atomic mass is 16.2. The number of piperazine rings is 1. The third kappa shape index (κ3) is 2.93. The third-order valence-electron chi connectivity index (χ3n) is 3.12. The van der Waals surface area contributed by atoms with Crippen molar-refractivity contribution in [2.24, 2.45) is 0 Å². The molecule has 0 atom stereocenters. The lowest BCUT2D eigenvalue weighted by Crippen LogP contribution is -2.51. The maximum atomic E-state index is 12.0. The Morgan fingerprint density at radius 3 is 2.74 bits per heavy atom. The molecule has 1 saturated heterocycles. The fraction of sp³-hybridized carbons (Fsp3) is 0.417. The summed E-state index contributed by atoms with van der Waals surface area (Å²) in [7, 11) is 1.70. The number of hydrogen-bond acceptors (Lipinski definition) is 4. The van der Waals surface area contributed by atoms with E-state index < -0.39 is 0 Å². The van der Waals surface area contributed by atoms with Crippen LogP contribution in [-0.4, -0.2) is 52.9 Å². The number of pyridine rings is 1. The van der Waals surface area contributed by atoms with Gasteiger partial charge in [-0.1, -0.05) is 0 Å². The highest BCUT2D eigenvalue weighted by Crippen LogP contribution is 2.03. The molecule has 1 fully saturated rings. The van der Waals surface area contributed by atoms with Crippen LogP contribution >= 0.6 is 0 Å². The summed E-state index contributed by atoms with van der Waals surface area (Å²) in [5.41, 5.74) is 5.71. The van der Waals surface area contributed by atoms with Gasteiger partial charge in [-0.3, -0.25) is 14.4 Å². The number of amides is 2. The van der Waals surface area contributed by atoms with Crippen molar-refractivity contribution < 1.29 is 9.59 Å². The number of likely N-dealkylation sites (N-methyl/N-ethyl adjacent to an activating group) is 1. The van der Waals surface area contributed by atoms with E-state index in [1.165, 1.54) is 27.8 Å². The second-order valence-electron chi connectivity index (χ2n) is 4.56. The molecule has 0 bridgehead atoms. The summed E-state index contributed by atoms with van der Waals surface area (Å²) in [6.45, 7) is 0.960. The molecule has 1 aromatic heterocycles. The normalized spacial score (nSPS) is 15.7. The number of carbonyl (C=O) groups excluding carboxylic acids is 2. The van der Waals surface area contributed by atoms with E-state index in [1.54, 1.807) is 11.9 Å². The Bertz CT molecular complexity index is 566. The second-order valence-corrected chi connectivity index (χ2v) is 4.56. The Morgan fingerprint density at radius 1 is 1.32 bits per heavy atom. The number of hydrogen-bond donors (Lipinski definition) is 1. The molecular weight excluding hydrogens is 248 g/mol. The molecule has 2 rings (SSSR count). The molecule has 2 heterocycles. The zero-order valence-corrected chi connectivity index (χ0v) is 10.7. The van der Waals surface area contributed by atoms with Crippen molar-refractivity contribution in [2.75, 3.05) is 32.4 Å². The van der Waals surface area contributed by atoms with Gasteiger partial charge in [-0.15, -0.1) is 0 Å². The van der Waals surface area contributed by atoms with Crippen LogP contribution in [0.25, 0.3) is 0 Å². The molecule has 0 aromatic carbocycles. The molecule has 7 nitrogen and oxygen atoms in total. The van der Waals surface area contributed by atoms with Gasteiger partial charge in [0, 0.05) is 38.1 Å². The van der Waals surface area contributed by atoms with Gasteiger partial charge in [0.1, 0.15) is 6.54 Å². The van der Waals surface area contributed by atoms with Gasteiger partial charge in [-0.25, -0.2) is 0 Å². The molecule has 0 aliphatic carbocycles. The first-order valence-corrected chi connectivity index (χ1v) is 5.95. The zero-order chi connectivity index (χ0) is 14.0. The maximum Gasteiger partial charge on any atom is 0.251 e. The molecule has 0 unspecified atom stereocenters. The van der Waals surface area contributed by atoms with E-state index in [0.29, 0.717) is 18.8 Å². The van der Waals surface area contributed by atoms with Crippen LogP contribution in [0, 0.1) is 0 Å². The molecule has 102 valence electrons. The average molecular weight is 264 g/mol. The molecule has 1 aromatic rings. The van der Waals surface area contributed by atoms with Gasteiger partial charge in [0.2, 0.25) is 11.8 Å². The zero-order valence-electron chi connectivity index (χ0n) is 10.7. The molecule has 0 spiro atoms. The number of nitrogens with two attached hydrogens (primary N) is 1. The van der Waals surface area contributed by atoms with Crippen molar-refractivity contribution >= 4 is 17.5 Å². The summed E-state index contributed by atoms with van der Waals surface area (Å²) < 4.78 is 1.25. The van der Waals surface area contributed by atoms with Crippen molar-refractivity contribution in [1.82, 2.24) is 14.4 Å². The van der Waals surface area contributed by atoms with Crippen LogP contribution < -0.4 is 11.3 Å². The standard InChI is InChI=1S/C12H16N4O3/c1-14-4-5-15(7-11(14)18)12(19)8-16-6-9(13)2-3-10(16)17/h2-3,6H,4-5,7-8,13H2,1H3. The monoisotopic (exact) mass is 264 g/mol. The largest absolute Gasteiger partial charge is 0.398 e. The van der Waals surface area contributed by atoms with Gasteiger partial charge in [0.15, 0.2) is 0 Å². The molecule has 0 saturated carbocycles. The Kier molecular flexibility index (Phi) is 3.55. The number of anilines is 1. The summed E-state index contributed by atoms with van der Waals surface area (Å²) in [6.07, 6.45) is 1.43. The summed E-state index contributed by atoms with van der Waals surface area (Å²) in [4.78, 5) is 38.2. The van der Waals surface area contributed by atoms with Crippen molar-refractivity contribution in [1.29, 1.82) is 0 Å². The van der Waals surface area contributed by atoms with Crippen molar-refractivity contribution in [2.45, 2.75) is 6.54 Å². The molecule has 1 aliphatic rings. The number of rotatable bonds is 2. The summed E-state index contributed by atoms with van der Waals surface area (Å²) >= 11 is 0. The summed E-state index contributed by atoms with van der Waals surface area (Å²) in [5.74, 6) is -0.353. The number of nitrogen functional groups attached to an aromatic ring is 1. The highest BCUT2D eigenvalue weighted by molar-refractivity contribution is 5.85. The maximum absolute atomic E-state index is 12.0. The minimum Gasteiger partial charge on any atom is -0.398 e. The Labute approximate surface area is 110 Å². The van der Waals surface area contributed by atoms with Gasteiger partial charge >= 0.3 is 0 Å². The van der Waals surface area contributed by atoms with Gasteiger partial charge in [0.25, 0.3) is 5.56 Å². The summed E-state index contributed by atoms with van der Waals surface area (Å²) in [5, 5.41) is 0. The summed E-state index contributed by atoms with van der Waals surface area (Å²) in [6, 6.07) is 2.81. The van der Waals surface area contributed by atoms with Crippen LogP contribution in [-0.2, 0) is 16.1 Å². The second kappa shape index (κ2) is 5.13. The van der Waals surface area contributed by atoms with E-state index in [4.69, 9.17) is 5.73 Å². The third-order valence-corrected chi connectivity index (χ3v) is 3.12. The van der Waals surface area contributed by atoms with Gasteiger partial charge in [-0.05, 0) is 6.07 Å². The molecule has 2 N–H and O–H groups in total. The van der Waals surface area contributed by atoms with E-state index in [-0.39, 0.29) is 30.5 Å².